The molecule has 0 atom stereocenters. The zero-order valence-electron chi connectivity index (χ0n) is 14.9. The highest BCUT2D eigenvalue weighted by atomic mass is 16.3. The van der Waals surface area contributed by atoms with Crippen LogP contribution >= 0.6 is 0 Å². The largest absolute Gasteiger partial charge is 0.436 e. The van der Waals surface area contributed by atoms with Crippen molar-refractivity contribution >= 4 is 22.8 Å². The number of rotatable bonds is 3. The molecule has 26 heavy (non-hydrogen) atoms. The number of hydrogen-bond acceptors (Lipinski definition) is 3. The minimum atomic E-state index is -0.158. The molecular weight excluding hydrogens is 326 g/mol. The molecule has 3 aromatic rings. The van der Waals surface area contributed by atoms with E-state index < -0.39 is 0 Å². The second kappa shape index (κ2) is 7.20. The van der Waals surface area contributed by atoms with Gasteiger partial charge in [-0.15, -0.1) is 0 Å². The highest BCUT2D eigenvalue weighted by molar-refractivity contribution is 5.92. The van der Waals surface area contributed by atoms with Gasteiger partial charge in [-0.25, -0.2) is 9.78 Å². The maximum Gasteiger partial charge on any atom is 0.319 e. The lowest BCUT2D eigenvalue weighted by atomic mass is 9.96. The lowest BCUT2D eigenvalue weighted by Gasteiger charge is -2.22. The second-order valence-corrected chi connectivity index (χ2v) is 7.00. The van der Waals surface area contributed by atoms with Gasteiger partial charge < -0.3 is 15.1 Å². The predicted molar refractivity (Wildman–Crippen MR) is 103 cm³/mol. The molecule has 1 saturated carbocycles. The number of aromatic nitrogens is 1. The molecule has 2 aromatic carbocycles. The molecule has 0 bridgehead atoms. The molecule has 1 fully saturated rings. The number of amides is 2. The lowest BCUT2D eigenvalue weighted by Crippen LogP contribution is -2.38. The van der Waals surface area contributed by atoms with Gasteiger partial charge >= 0.3 is 6.03 Å². The van der Waals surface area contributed by atoms with Crippen molar-refractivity contribution in [1.82, 2.24) is 10.3 Å². The van der Waals surface area contributed by atoms with Crippen LogP contribution in [0.1, 0.15) is 37.7 Å². The Morgan fingerprint density at radius 3 is 2.77 bits per heavy atom. The molecule has 0 saturated heterocycles. The number of aryl methyl sites for hydroxylation is 1. The van der Waals surface area contributed by atoms with Crippen LogP contribution in [0.3, 0.4) is 0 Å². The van der Waals surface area contributed by atoms with Crippen molar-refractivity contribution in [1.29, 1.82) is 0 Å². The molecule has 2 N–H and O–H groups in total. The third-order valence-electron chi connectivity index (χ3n) is 4.85. The van der Waals surface area contributed by atoms with Gasteiger partial charge in [0.1, 0.15) is 5.52 Å². The molecule has 0 unspecified atom stereocenters. The minimum absolute atomic E-state index is 0.158. The van der Waals surface area contributed by atoms with E-state index in [4.69, 9.17) is 4.42 Å². The number of nitrogens with one attached hydrogen (secondary N) is 2. The van der Waals surface area contributed by atoms with Crippen molar-refractivity contribution in [3.63, 3.8) is 0 Å². The Hall–Kier alpha value is -2.82. The number of nitrogens with zero attached hydrogens (tertiary/aromatic N) is 1. The maximum absolute atomic E-state index is 12.2. The smallest absolute Gasteiger partial charge is 0.319 e. The van der Waals surface area contributed by atoms with Crippen LogP contribution in [0.5, 0.6) is 0 Å². The summed E-state index contributed by atoms with van der Waals surface area (Å²) in [5, 5.41) is 5.96. The number of carbonyl (C=O) groups excluding carboxylic acids is 1. The average molecular weight is 349 g/mol. The summed E-state index contributed by atoms with van der Waals surface area (Å²) in [4.78, 5) is 16.8. The van der Waals surface area contributed by atoms with E-state index in [1.54, 1.807) is 0 Å². The first-order valence-corrected chi connectivity index (χ1v) is 9.22. The average Bonchev–Trinajstić information content (AvgIpc) is 3.06. The van der Waals surface area contributed by atoms with Crippen LogP contribution in [0.25, 0.3) is 22.6 Å². The number of urea groups is 1. The quantitative estimate of drug-likeness (QED) is 0.678. The summed E-state index contributed by atoms with van der Waals surface area (Å²) in [7, 11) is 0. The van der Waals surface area contributed by atoms with Crippen LogP contribution in [-0.4, -0.2) is 17.1 Å². The van der Waals surface area contributed by atoms with Crippen LogP contribution in [-0.2, 0) is 0 Å². The normalized spacial score (nSPS) is 15.1. The third-order valence-corrected chi connectivity index (χ3v) is 4.85. The number of carbonyl (C=O) groups is 1. The van der Waals surface area contributed by atoms with Gasteiger partial charge in [-0.05, 0) is 44.0 Å². The fraction of sp³-hybridized carbons (Fsp3) is 0.333. The first-order chi connectivity index (χ1) is 12.7. The van der Waals surface area contributed by atoms with E-state index in [1.807, 2.05) is 49.4 Å². The SMILES string of the molecule is Cc1cccc(-c2nc3ccc(NC(=O)NC4CCCCC4)cc3o2)c1. The Morgan fingerprint density at radius 1 is 1.12 bits per heavy atom. The van der Waals surface area contributed by atoms with Crippen molar-refractivity contribution in [2.24, 2.45) is 0 Å². The summed E-state index contributed by atoms with van der Waals surface area (Å²) in [6.45, 7) is 2.04. The molecule has 5 nitrogen and oxygen atoms in total. The zero-order chi connectivity index (χ0) is 17.9. The molecule has 134 valence electrons. The minimum Gasteiger partial charge on any atom is -0.436 e. The van der Waals surface area contributed by atoms with E-state index in [2.05, 4.69) is 15.6 Å². The number of oxazole rings is 1. The molecule has 0 aliphatic heterocycles. The summed E-state index contributed by atoms with van der Waals surface area (Å²) in [6.07, 6.45) is 5.78. The number of benzene rings is 2. The third kappa shape index (κ3) is 3.72. The Kier molecular flexibility index (Phi) is 4.61. The van der Waals surface area contributed by atoms with Gasteiger partial charge in [0.25, 0.3) is 0 Å². The molecule has 1 heterocycles. The lowest BCUT2D eigenvalue weighted by molar-refractivity contribution is 0.244. The summed E-state index contributed by atoms with van der Waals surface area (Å²) in [5.74, 6) is 0.590. The first kappa shape index (κ1) is 16.6. The monoisotopic (exact) mass is 349 g/mol. The summed E-state index contributed by atoms with van der Waals surface area (Å²) in [5.41, 5.74) is 4.26. The molecule has 1 aromatic heterocycles. The van der Waals surface area contributed by atoms with E-state index in [9.17, 15) is 4.79 Å². The van der Waals surface area contributed by atoms with E-state index >= 15 is 0 Å². The van der Waals surface area contributed by atoms with Crippen molar-refractivity contribution in [2.75, 3.05) is 5.32 Å². The van der Waals surface area contributed by atoms with Gasteiger partial charge in [-0.3, -0.25) is 0 Å². The summed E-state index contributed by atoms with van der Waals surface area (Å²) >= 11 is 0. The summed E-state index contributed by atoms with van der Waals surface area (Å²) < 4.78 is 5.90. The Balaban J connectivity index is 1.49. The molecule has 1 aliphatic rings. The van der Waals surface area contributed by atoms with Crippen molar-refractivity contribution in [3.05, 3.63) is 48.0 Å². The highest BCUT2D eigenvalue weighted by Gasteiger charge is 2.16. The highest BCUT2D eigenvalue weighted by Crippen LogP contribution is 2.27. The standard InChI is InChI=1S/C21H23N3O2/c1-14-6-5-7-15(12-14)20-24-18-11-10-17(13-19(18)26-20)23-21(25)22-16-8-3-2-4-9-16/h5-7,10-13,16H,2-4,8-9H2,1H3,(H2,22,23,25). The molecule has 4 rings (SSSR count). The van der Waals surface area contributed by atoms with Crippen LogP contribution in [0.2, 0.25) is 0 Å². The van der Waals surface area contributed by atoms with Crippen molar-refractivity contribution in [2.45, 2.75) is 45.1 Å². The molecular formula is C21H23N3O2. The van der Waals surface area contributed by atoms with Crippen LogP contribution in [0, 0.1) is 6.92 Å². The summed E-state index contributed by atoms with van der Waals surface area (Å²) in [6, 6.07) is 13.7. The van der Waals surface area contributed by atoms with E-state index in [0.29, 0.717) is 17.2 Å². The topological polar surface area (TPSA) is 67.2 Å². The Labute approximate surface area is 152 Å². The van der Waals surface area contributed by atoms with Gasteiger partial charge in [0.2, 0.25) is 5.89 Å². The van der Waals surface area contributed by atoms with Crippen molar-refractivity contribution in [3.8, 4) is 11.5 Å². The predicted octanol–water partition coefficient (Wildman–Crippen LogP) is 5.26. The zero-order valence-corrected chi connectivity index (χ0v) is 14.9. The number of anilines is 1. The van der Waals surface area contributed by atoms with E-state index in [0.717, 1.165) is 29.5 Å². The number of hydrogen-bond donors (Lipinski definition) is 2. The molecule has 2 amide bonds. The second-order valence-electron chi connectivity index (χ2n) is 7.00. The molecule has 5 heteroatoms. The van der Waals surface area contributed by atoms with Crippen LogP contribution in [0.15, 0.2) is 46.9 Å². The maximum atomic E-state index is 12.2. The fourth-order valence-corrected chi connectivity index (χ4v) is 3.50. The van der Waals surface area contributed by atoms with E-state index in [-0.39, 0.29) is 12.1 Å². The molecule has 1 aliphatic carbocycles. The number of fused-ring (bicyclic) bond motifs is 1. The van der Waals surface area contributed by atoms with Crippen molar-refractivity contribution < 1.29 is 9.21 Å². The molecule has 0 radical (unpaired) electrons. The van der Waals surface area contributed by atoms with Gasteiger partial charge in [-0.2, -0.15) is 0 Å². The first-order valence-electron chi connectivity index (χ1n) is 9.22. The fourth-order valence-electron chi connectivity index (χ4n) is 3.50. The van der Waals surface area contributed by atoms with Crippen LogP contribution in [0.4, 0.5) is 10.5 Å². The van der Waals surface area contributed by atoms with Gasteiger partial charge in [-0.1, -0.05) is 37.0 Å². The molecule has 0 spiro atoms. The van der Waals surface area contributed by atoms with Gasteiger partial charge in [0.05, 0.1) is 0 Å². The van der Waals surface area contributed by atoms with E-state index in [1.165, 1.54) is 19.3 Å². The van der Waals surface area contributed by atoms with Crippen LogP contribution < -0.4 is 10.6 Å². The van der Waals surface area contributed by atoms with Gasteiger partial charge in [0, 0.05) is 23.4 Å². The van der Waals surface area contributed by atoms with Gasteiger partial charge in [0.15, 0.2) is 5.58 Å². The Bertz CT molecular complexity index is 926. The Morgan fingerprint density at radius 2 is 1.96 bits per heavy atom.